The molecule has 0 aliphatic carbocycles. The van der Waals surface area contributed by atoms with Crippen LogP contribution in [0.1, 0.15) is 16.1 Å². The molecule has 0 spiro atoms. The molecule has 0 radical (unpaired) electrons. The molecule has 0 bridgehead atoms. The van der Waals surface area contributed by atoms with Crippen molar-refractivity contribution in [2.24, 2.45) is 0 Å². The van der Waals surface area contributed by atoms with E-state index in [4.69, 9.17) is 0 Å². The van der Waals surface area contributed by atoms with E-state index in [0.717, 1.165) is 22.0 Å². The molecule has 0 atom stereocenters. The average Bonchev–Trinajstić information content (AvgIpc) is 3.33. The first-order valence-electron chi connectivity index (χ1n) is 8.54. The van der Waals surface area contributed by atoms with Gasteiger partial charge in [0.05, 0.1) is 5.69 Å². The monoisotopic (exact) mass is 382 g/mol. The summed E-state index contributed by atoms with van der Waals surface area (Å²) in [6.45, 7) is -2.62. The molecule has 4 rings (SSSR count). The molecule has 0 aliphatic rings. The zero-order chi connectivity index (χ0) is 19.5. The number of rotatable bonds is 6. The van der Waals surface area contributed by atoms with Gasteiger partial charge in [0, 0.05) is 29.2 Å². The summed E-state index contributed by atoms with van der Waals surface area (Å²) in [7, 11) is 0. The predicted molar refractivity (Wildman–Crippen MR) is 100 cm³/mol. The number of ether oxygens (including phenoxy) is 1. The van der Waals surface area contributed by atoms with Gasteiger partial charge in [-0.05, 0) is 29.8 Å². The molecule has 0 saturated heterocycles. The zero-order valence-corrected chi connectivity index (χ0v) is 14.6. The van der Waals surface area contributed by atoms with E-state index in [1.165, 1.54) is 12.1 Å². The van der Waals surface area contributed by atoms with Crippen molar-refractivity contribution in [3.63, 3.8) is 0 Å². The number of aromatic amines is 2. The SMILES string of the molecule is O=C(NCc1ccc(OC(F)F)cc1)c1cc(-c2c[nH]c3ccccc23)n[nH]1. The van der Waals surface area contributed by atoms with Crippen LogP contribution in [0.15, 0.2) is 60.8 Å². The second-order valence-corrected chi connectivity index (χ2v) is 6.12. The Labute approximate surface area is 158 Å². The molecule has 0 saturated carbocycles. The van der Waals surface area contributed by atoms with E-state index in [0.29, 0.717) is 11.4 Å². The molecule has 0 unspecified atom stereocenters. The number of halogens is 2. The number of hydrogen-bond donors (Lipinski definition) is 3. The van der Waals surface area contributed by atoms with E-state index in [9.17, 15) is 13.6 Å². The number of nitrogens with zero attached hydrogens (tertiary/aromatic N) is 1. The predicted octanol–water partition coefficient (Wildman–Crippen LogP) is 4.09. The number of alkyl halides is 2. The van der Waals surface area contributed by atoms with Crippen molar-refractivity contribution in [2.75, 3.05) is 0 Å². The Balaban J connectivity index is 1.42. The fourth-order valence-corrected chi connectivity index (χ4v) is 2.93. The van der Waals surface area contributed by atoms with E-state index >= 15 is 0 Å². The summed E-state index contributed by atoms with van der Waals surface area (Å²) in [4.78, 5) is 15.5. The fourth-order valence-electron chi connectivity index (χ4n) is 2.93. The van der Waals surface area contributed by atoms with Crippen LogP contribution in [0.5, 0.6) is 5.75 Å². The molecule has 2 aromatic heterocycles. The van der Waals surface area contributed by atoms with Crippen molar-refractivity contribution < 1.29 is 18.3 Å². The van der Waals surface area contributed by atoms with Gasteiger partial charge in [0.2, 0.25) is 0 Å². The number of carbonyl (C=O) groups is 1. The highest BCUT2D eigenvalue weighted by Gasteiger charge is 2.13. The Hall–Kier alpha value is -3.68. The number of fused-ring (bicyclic) bond motifs is 1. The summed E-state index contributed by atoms with van der Waals surface area (Å²) in [6.07, 6.45) is 1.85. The van der Waals surface area contributed by atoms with Crippen LogP contribution in [-0.4, -0.2) is 27.7 Å². The third-order valence-electron chi connectivity index (χ3n) is 4.29. The quantitative estimate of drug-likeness (QED) is 0.470. The van der Waals surface area contributed by atoms with Gasteiger partial charge in [0.15, 0.2) is 0 Å². The number of amides is 1. The van der Waals surface area contributed by atoms with E-state index in [1.54, 1.807) is 18.2 Å². The van der Waals surface area contributed by atoms with Crippen molar-refractivity contribution >= 4 is 16.8 Å². The van der Waals surface area contributed by atoms with Crippen molar-refractivity contribution in [3.8, 4) is 17.0 Å². The minimum atomic E-state index is -2.86. The number of nitrogens with one attached hydrogen (secondary N) is 3. The van der Waals surface area contributed by atoms with Crippen LogP contribution in [0.3, 0.4) is 0 Å². The maximum Gasteiger partial charge on any atom is 0.387 e. The molecule has 142 valence electrons. The summed E-state index contributed by atoms with van der Waals surface area (Å²) in [5.74, 6) is -0.242. The lowest BCUT2D eigenvalue weighted by molar-refractivity contribution is -0.0498. The Morgan fingerprint density at radius 2 is 1.93 bits per heavy atom. The fraction of sp³-hybridized carbons (Fsp3) is 0.100. The molecule has 8 heteroatoms. The number of carbonyl (C=O) groups excluding carboxylic acids is 1. The molecule has 3 N–H and O–H groups in total. The molecule has 1 amide bonds. The third-order valence-corrected chi connectivity index (χ3v) is 4.29. The van der Waals surface area contributed by atoms with Gasteiger partial charge >= 0.3 is 6.61 Å². The Kier molecular flexibility index (Phi) is 4.76. The maximum atomic E-state index is 12.4. The number of benzene rings is 2. The minimum absolute atomic E-state index is 0.0713. The lowest BCUT2D eigenvalue weighted by Gasteiger charge is -2.06. The van der Waals surface area contributed by atoms with E-state index in [1.807, 2.05) is 30.5 Å². The van der Waals surface area contributed by atoms with Crippen LogP contribution in [0.2, 0.25) is 0 Å². The van der Waals surface area contributed by atoms with E-state index in [-0.39, 0.29) is 18.2 Å². The van der Waals surface area contributed by atoms with Crippen molar-refractivity contribution in [2.45, 2.75) is 13.2 Å². The number of aromatic nitrogens is 3. The lowest BCUT2D eigenvalue weighted by Crippen LogP contribution is -2.23. The molecule has 4 aromatic rings. The molecule has 2 aromatic carbocycles. The van der Waals surface area contributed by atoms with Gasteiger partial charge in [0.1, 0.15) is 11.4 Å². The van der Waals surface area contributed by atoms with Crippen LogP contribution in [-0.2, 0) is 6.54 Å². The summed E-state index contributed by atoms with van der Waals surface area (Å²) < 4.78 is 28.6. The maximum absolute atomic E-state index is 12.4. The third kappa shape index (κ3) is 3.71. The van der Waals surface area contributed by atoms with Gasteiger partial charge in [0.25, 0.3) is 5.91 Å². The number of para-hydroxylation sites is 1. The average molecular weight is 382 g/mol. The highest BCUT2D eigenvalue weighted by molar-refractivity contribution is 5.97. The van der Waals surface area contributed by atoms with Crippen molar-refractivity contribution in [3.05, 3.63) is 72.1 Å². The van der Waals surface area contributed by atoms with Crippen LogP contribution in [0.25, 0.3) is 22.2 Å². The summed E-state index contributed by atoms with van der Waals surface area (Å²) in [5.41, 5.74) is 3.65. The highest BCUT2D eigenvalue weighted by Crippen LogP contribution is 2.27. The molecule has 6 nitrogen and oxygen atoms in total. The molecule has 2 heterocycles. The topological polar surface area (TPSA) is 82.8 Å². The molecule has 0 fully saturated rings. The Morgan fingerprint density at radius 1 is 1.14 bits per heavy atom. The van der Waals surface area contributed by atoms with Crippen molar-refractivity contribution in [1.82, 2.24) is 20.5 Å². The van der Waals surface area contributed by atoms with Crippen LogP contribution < -0.4 is 10.1 Å². The number of hydrogen-bond acceptors (Lipinski definition) is 3. The Bertz CT molecular complexity index is 1100. The standard InChI is InChI=1S/C20H16F2N4O2/c21-20(22)28-13-7-5-12(6-8-13)10-24-19(27)18-9-17(25-26-18)15-11-23-16-4-2-1-3-14(15)16/h1-9,11,20,23H,10H2,(H,24,27)(H,25,26). The molecule has 0 aliphatic heterocycles. The molecule has 28 heavy (non-hydrogen) atoms. The first kappa shape index (κ1) is 17.7. The van der Waals surface area contributed by atoms with Gasteiger partial charge in [-0.1, -0.05) is 30.3 Å². The smallest absolute Gasteiger partial charge is 0.387 e. The van der Waals surface area contributed by atoms with Gasteiger partial charge in [-0.25, -0.2) is 0 Å². The second-order valence-electron chi connectivity index (χ2n) is 6.12. The van der Waals surface area contributed by atoms with Gasteiger partial charge < -0.3 is 15.0 Å². The lowest BCUT2D eigenvalue weighted by atomic mass is 10.1. The first-order chi connectivity index (χ1) is 13.6. The Morgan fingerprint density at radius 3 is 2.71 bits per heavy atom. The van der Waals surface area contributed by atoms with Crippen LogP contribution in [0, 0.1) is 0 Å². The summed E-state index contributed by atoms with van der Waals surface area (Å²) in [5, 5.41) is 10.8. The normalized spacial score (nSPS) is 11.1. The molecular formula is C20H16F2N4O2. The molecular weight excluding hydrogens is 366 g/mol. The zero-order valence-electron chi connectivity index (χ0n) is 14.6. The second kappa shape index (κ2) is 7.51. The van der Waals surface area contributed by atoms with Gasteiger partial charge in [-0.2, -0.15) is 13.9 Å². The van der Waals surface area contributed by atoms with Crippen LogP contribution in [0.4, 0.5) is 8.78 Å². The number of H-pyrrole nitrogens is 2. The van der Waals surface area contributed by atoms with Crippen molar-refractivity contribution in [1.29, 1.82) is 0 Å². The van der Waals surface area contributed by atoms with Crippen LogP contribution >= 0.6 is 0 Å². The van der Waals surface area contributed by atoms with E-state index in [2.05, 4.69) is 25.2 Å². The first-order valence-corrected chi connectivity index (χ1v) is 8.54. The minimum Gasteiger partial charge on any atom is -0.435 e. The highest BCUT2D eigenvalue weighted by atomic mass is 19.3. The summed E-state index contributed by atoms with van der Waals surface area (Å²) in [6, 6.07) is 15.6. The largest absolute Gasteiger partial charge is 0.435 e. The van der Waals surface area contributed by atoms with Gasteiger partial charge in [-0.15, -0.1) is 0 Å². The van der Waals surface area contributed by atoms with E-state index < -0.39 is 6.61 Å². The summed E-state index contributed by atoms with van der Waals surface area (Å²) >= 11 is 0. The van der Waals surface area contributed by atoms with Gasteiger partial charge in [-0.3, -0.25) is 9.89 Å².